The monoisotopic (exact) mass is 508 g/mol. The smallest absolute Gasteiger partial charge is 0.395 e. The van der Waals surface area contributed by atoms with E-state index < -0.39 is 17.5 Å². The van der Waals surface area contributed by atoms with Crippen LogP contribution in [0.5, 0.6) is 0 Å². The highest BCUT2D eigenvalue weighted by atomic mass is 19.4. The van der Waals surface area contributed by atoms with E-state index in [0.29, 0.717) is 51.0 Å². The lowest BCUT2D eigenvalue weighted by Gasteiger charge is -2.41. The van der Waals surface area contributed by atoms with Crippen molar-refractivity contribution in [3.8, 4) is 11.4 Å². The van der Waals surface area contributed by atoms with Crippen LogP contribution in [0, 0.1) is 5.41 Å². The van der Waals surface area contributed by atoms with Crippen LogP contribution in [0.15, 0.2) is 22.7 Å². The Morgan fingerprint density at radius 1 is 1.22 bits per heavy atom. The summed E-state index contributed by atoms with van der Waals surface area (Å²) >= 11 is 0. The van der Waals surface area contributed by atoms with E-state index in [4.69, 9.17) is 4.74 Å². The van der Waals surface area contributed by atoms with Gasteiger partial charge in [0.1, 0.15) is 0 Å². The topological polar surface area (TPSA) is 118 Å². The third-order valence-electron chi connectivity index (χ3n) is 7.55. The molecular weight excluding hydrogens is 481 g/mol. The van der Waals surface area contributed by atoms with E-state index in [1.54, 1.807) is 17.0 Å². The summed E-state index contributed by atoms with van der Waals surface area (Å²) in [7, 11) is 0. The molecule has 2 fully saturated rings. The van der Waals surface area contributed by atoms with Gasteiger partial charge in [0.2, 0.25) is 11.7 Å². The van der Waals surface area contributed by atoms with Crippen LogP contribution in [0.2, 0.25) is 0 Å². The fourth-order valence-corrected chi connectivity index (χ4v) is 5.38. The summed E-state index contributed by atoms with van der Waals surface area (Å²) < 4.78 is 48.2. The number of aliphatic hydroxyl groups excluding tert-OH is 1. The predicted octanol–water partition coefficient (Wildman–Crippen LogP) is 2.93. The maximum Gasteiger partial charge on any atom is 0.471 e. The molecule has 5 rings (SSSR count). The summed E-state index contributed by atoms with van der Waals surface area (Å²) in [6, 6.07) is 4.25. The number of nitrogens with one attached hydrogen (secondary N) is 1. The zero-order valence-corrected chi connectivity index (χ0v) is 19.5. The molecule has 2 aromatic rings. The second kappa shape index (κ2) is 9.47. The molecule has 0 bridgehead atoms. The molecule has 0 unspecified atom stereocenters. The molecule has 36 heavy (non-hydrogen) atoms. The first-order valence-corrected chi connectivity index (χ1v) is 12.1. The minimum atomic E-state index is -4.76. The Kier molecular flexibility index (Phi) is 6.50. The molecule has 2 amide bonds. The van der Waals surface area contributed by atoms with Gasteiger partial charge in [0.05, 0.1) is 18.1 Å². The fourth-order valence-electron chi connectivity index (χ4n) is 5.38. The van der Waals surface area contributed by atoms with Crippen LogP contribution >= 0.6 is 0 Å². The highest BCUT2D eigenvalue weighted by Gasteiger charge is 2.44. The Morgan fingerprint density at radius 2 is 1.97 bits per heavy atom. The maximum absolute atomic E-state index is 13.4. The van der Waals surface area contributed by atoms with Crippen LogP contribution in [-0.4, -0.2) is 63.9 Å². The second-order valence-corrected chi connectivity index (χ2v) is 9.71. The van der Waals surface area contributed by atoms with Gasteiger partial charge in [-0.2, -0.15) is 18.2 Å². The van der Waals surface area contributed by atoms with Gasteiger partial charge in [0, 0.05) is 36.9 Å². The Balaban J connectivity index is 1.34. The van der Waals surface area contributed by atoms with Crippen molar-refractivity contribution in [1.29, 1.82) is 0 Å². The van der Waals surface area contributed by atoms with Crippen LogP contribution in [-0.2, 0) is 22.3 Å². The number of benzene rings is 1. The number of aliphatic hydroxyl groups is 1. The molecule has 194 valence electrons. The number of halogens is 3. The lowest BCUT2D eigenvalue weighted by Crippen LogP contribution is -2.57. The average Bonchev–Trinajstić information content (AvgIpc) is 3.50. The van der Waals surface area contributed by atoms with E-state index >= 15 is 0 Å². The molecule has 1 aliphatic carbocycles. The Morgan fingerprint density at radius 3 is 2.67 bits per heavy atom. The van der Waals surface area contributed by atoms with Gasteiger partial charge in [-0.05, 0) is 37.3 Å². The molecule has 0 radical (unpaired) electrons. The Hall–Kier alpha value is -2.99. The fraction of sp³-hybridized carbons (Fsp3) is 0.583. The van der Waals surface area contributed by atoms with Crippen molar-refractivity contribution in [2.24, 2.45) is 5.41 Å². The van der Waals surface area contributed by atoms with Crippen molar-refractivity contribution in [2.75, 3.05) is 19.8 Å². The van der Waals surface area contributed by atoms with Crippen LogP contribution in [0.25, 0.3) is 11.4 Å². The lowest BCUT2D eigenvalue weighted by atomic mass is 9.79. The number of hydrogen-bond donors (Lipinski definition) is 2. The van der Waals surface area contributed by atoms with E-state index in [1.165, 1.54) is 6.07 Å². The standard InChI is InChI=1S/C24H27F3N4O5/c25-24(26,27)22-29-19(30-36-22)14-5-6-15-12-31(20(33)16(15)11-14)18-4-2-1-3-17(18)28-21(34)23(13-32)7-9-35-10-8-23/h5-6,11,17-18,32H,1-4,7-10,12-13H2,(H,28,34)/t17-,18-/m1/s1. The zero-order chi connectivity index (χ0) is 25.5. The van der Waals surface area contributed by atoms with Crippen LogP contribution in [0.1, 0.15) is 60.3 Å². The predicted molar refractivity (Wildman–Crippen MR) is 118 cm³/mol. The van der Waals surface area contributed by atoms with Crippen LogP contribution in [0.3, 0.4) is 0 Å². The Bertz CT molecular complexity index is 1150. The molecule has 2 aliphatic heterocycles. The highest BCUT2D eigenvalue weighted by Crippen LogP contribution is 2.36. The minimum Gasteiger partial charge on any atom is -0.395 e. The number of hydrogen-bond acceptors (Lipinski definition) is 7. The maximum atomic E-state index is 13.4. The normalized spacial score (nSPS) is 24.0. The largest absolute Gasteiger partial charge is 0.471 e. The number of carbonyl (C=O) groups is 2. The second-order valence-electron chi connectivity index (χ2n) is 9.71. The third kappa shape index (κ3) is 4.47. The van der Waals surface area contributed by atoms with Crippen LogP contribution < -0.4 is 5.32 Å². The number of carbonyl (C=O) groups excluding carboxylic acids is 2. The van der Waals surface area contributed by atoms with Gasteiger partial charge in [-0.15, -0.1) is 0 Å². The van der Waals surface area contributed by atoms with Crippen molar-refractivity contribution in [3.05, 3.63) is 35.2 Å². The van der Waals surface area contributed by atoms with Crippen molar-refractivity contribution in [1.82, 2.24) is 20.4 Å². The van der Waals surface area contributed by atoms with E-state index in [0.717, 1.165) is 18.4 Å². The quantitative estimate of drug-likeness (QED) is 0.638. The summed E-state index contributed by atoms with van der Waals surface area (Å²) in [6.45, 7) is 0.900. The highest BCUT2D eigenvalue weighted by molar-refractivity contribution is 5.99. The molecule has 3 heterocycles. The third-order valence-corrected chi connectivity index (χ3v) is 7.55. The number of amides is 2. The van der Waals surface area contributed by atoms with E-state index in [1.807, 2.05) is 0 Å². The molecule has 2 N–H and O–H groups in total. The van der Waals surface area contributed by atoms with Crippen molar-refractivity contribution >= 4 is 11.8 Å². The molecule has 0 spiro atoms. The van der Waals surface area contributed by atoms with E-state index in [-0.39, 0.29) is 41.9 Å². The van der Waals surface area contributed by atoms with E-state index in [2.05, 4.69) is 20.0 Å². The van der Waals surface area contributed by atoms with Gasteiger partial charge in [-0.25, -0.2) is 0 Å². The SMILES string of the molecule is O=C1c2cc(-c3noc(C(F)(F)F)n3)ccc2CN1[C@@H]1CCCC[C@H]1NC(=O)C1(CO)CCOCC1. The molecule has 2 atom stereocenters. The summed E-state index contributed by atoms with van der Waals surface area (Å²) in [5.74, 6) is -2.16. The summed E-state index contributed by atoms with van der Waals surface area (Å²) in [4.78, 5) is 31.8. The van der Waals surface area contributed by atoms with Gasteiger partial charge >= 0.3 is 12.1 Å². The Labute approximate surface area is 205 Å². The first kappa shape index (κ1) is 24.7. The first-order valence-electron chi connectivity index (χ1n) is 12.1. The number of aromatic nitrogens is 2. The van der Waals surface area contributed by atoms with Gasteiger partial charge in [-0.1, -0.05) is 30.1 Å². The molecular formula is C24H27F3N4O5. The first-order chi connectivity index (χ1) is 17.2. The van der Waals surface area contributed by atoms with Gasteiger partial charge < -0.3 is 24.6 Å². The summed E-state index contributed by atoms with van der Waals surface area (Å²) in [5.41, 5.74) is 0.488. The number of alkyl halides is 3. The molecule has 1 saturated carbocycles. The molecule has 9 nitrogen and oxygen atoms in total. The summed E-state index contributed by atoms with van der Waals surface area (Å²) in [6.07, 6.45) is -0.630. The van der Waals surface area contributed by atoms with Crippen LogP contribution in [0.4, 0.5) is 13.2 Å². The van der Waals surface area contributed by atoms with Gasteiger partial charge in [0.25, 0.3) is 5.91 Å². The van der Waals surface area contributed by atoms with Gasteiger partial charge in [-0.3, -0.25) is 9.59 Å². The van der Waals surface area contributed by atoms with Crippen molar-refractivity contribution < 1.29 is 37.1 Å². The molecule has 3 aliphatic rings. The van der Waals surface area contributed by atoms with E-state index in [9.17, 15) is 27.9 Å². The minimum absolute atomic E-state index is 0.214. The molecule has 1 aromatic carbocycles. The molecule has 1 aromatic heterocycles. The number of nitrogens with zero attached hydrogens (tertiary/aromatic N) is 3. The van der Waals surface area contributed by atoms with Crippen molar-refractivity contribution in [3.63, 3.8) is 0 Å². The molecule has 12 heteroatoms. The number of rotatable bonds is 5. The number of fused-ring (bicyclic) bond motifs is 1. The zero-order valence-electron chi connectivity index (χ0n) is 19.5. The average molecular weight is 508 g/mol. The summed E-state index contributed by atoms with van der Waals surface area (Å²) in [5, 5.41) is 16.5. The van der Waals surface area contributed by atoms with Crippen molar-refractivity contribution in [2.45, 2.75) is 63.3 Å². The molecule has 1 saturated heterocycles. The lowest BCUT2D eigenvalue weighted by molar-refractivity contribution is -0.159. The number of ether oxygens (including phenoxy) is 1. The van der Waals surface area contributed by atoms with Gasteiger partial charge in [0.15, 0.2) is 0 Å².